The van der Waals surface area contributed by atoms with Crippen molar-refractivity contribution < 1.29 is 14.4 Å². The largest absolute Gasteiger partial charge is 0.332 e. The fraction of sp³-hybridized carbons (Fsp3) is 0.308. The van der Waals surface area contributed by atoms with Crippen molar-refractivity contribution in [3.8, 4) is 0 Å². The summed E-state index contributed by atoms with van der Waals surface area (Å²) in [5.74, 6) is -1.12. The molecular weight excluding hydrogens is 232 g/mol. The highest BCUT2D eigenvalue weighted by Gasteiger charge is 2.47. The summed E-state index contributed by atoms with van der Waals surface area (Å²) in [4.78, 5) is 36.4. The Hall–Kier alpha value is -2.17. The number of rotatable bonds is 1. The second-order valence-electron chi connectivity index (χ2n) is 4.87. The third-order valence-corrected chi connectivity index (χ3v) is 2.86. The second-order valence-corrected chi connectivity index (χ2v) is 4.87. The van der Waals surface area contributed by atoms with Gasteiger partial charge in [-0.05, 0) is 32.9 Å². The SMILES string of the molecule is Cc1ccc(C(=O)N2C(=O)NC(C)(C)C2=O)cc1. The summed E-state index contributed by atoms with van der Waals surface area (Å²) in [7, 11) is 0. The molecule has 1 aromatic rings. The number of nitrogens with one attached hydrogen (secondary N) is 1. The molecule has 0 aromatic heterocycles. The summed E-state index contributed by atoms with van der Waals surface area (Å²) >= 11 is 0. The average Bonchev–Trinajstić information content (AvgIpc) is 2.48. The van der Waals surface area contributed by atoms with Gasteiger partial charge in [0.2, 0.25) is 0 Å². The van der Waals surface area contributed by atoms with E-state index in [1.165, 1.54) is 0 Å². The molecule has 0 aliphatic carbocycles. The average molecular weight is 246 g/mol. The van der Waals surface area contributed by atoms with Crippen molar-refractivity contribution in [3.05, 3.63) is 35.4 Å². The number of amides is 4. The monoisotopic (exact) mass is 246 g/mol. The molecule has 5 nitrogen and oxygen atoms in total. The van der Waals surface area contributed by atoms with E-state index in [-0.39, 0.29) is 0 Å². The van der Waals surface area contributed by atoms with Crippen molar-refractivity contribution in [1.82, 2.24) is 10.2 Å². The first kappa shape index (κ1) is 12.3. The fourth-order valence-electron chi connectivity index (χ4n) is 1.76. The number of urea groups is 1. The molecule has 5 heteroatoms. The number of carbonyl (C=O) groups excluding carboxylic acids is 3. The molecule has 0 radical (unpaired) electrons. The molecule has 4 amide bonds. The fourth-order valence-corrected chi connectivity index (χ4v) is 1.76. The minimum Gasteiger partial charge on any atom is -0.323 e. The van der Waals surface area contributed by atoms with Crippen LogP contribution in [-0.2, 0) is 4.79 Å². The van der Waals surface area contributed by atoms with Crippen LogP contribution in [0.25, 0.3) is 0 Å². The smallest absolute Gasteiger partial charge is 0.323 e. The van der Waals surface area contributed by atoms with Gasteiger partial charge in [0.25, 0.3) is 11.8 Å². The summed E-state index contributed by atoms with van der Waals surface area (Å²) < 4.78 is 0. The Morgan fingerprint density at radius 2 is 1.72 bits per heavy atom. The van der Waals surface area contributed by atoms with E-state index in [1.807, 2.05) is 6.92 Å². The van der Waals surface area contributed by atoms with E-state index in [0.29, 0.717) is 10.5 Å². The Bertz CT molecular complexity index is 532. The first-order valence-corrected chi connectivity index (χ1v) is 5.60. The number of benzene rings is 1. The maximum absolute atomic E-state index is 12.1. The lowest BCUT2D eigenvalue weighted by molar-refractivity contribution is -0.128. The maximum Gasteiger partial charge on any atom is 0.332 e. The molecule has 0 atom stereocenters. The molecule has 1 aliphatic rings. The Kier molecular flexibility index (Phi) is 2.69. The van der Waals surface area contributed by atoms with E-state index >= 15 is 0 Å². The van der Waals surface area contributed by atoms with Crippen LogP contribution in [0, 0.1) is 6.92 Å². The van der Waals surface area contributed by atoms with Gasteiger partial charge in [-0.3, -0.25) is 9.59 Å². The lowest BCUT2D eigenvalue weighted by atomic mass is 10.1. The van der Waals surface area contributed by atoms with Gasteiger partial charge in [-0.1, -0.05) is 17.7 Å². The van der Waals surface area contributed by atoms with Gasteiger partial charge in [-0.15, -0.1) is 0 Å². The molecule has 1 fully saturated rings. The summed E-state index contributed by atoms with van der Waals surface area (Å²) in [6.07, 6.45) is 0. The standard InChI is InChI=1S/C13H14N2O3/c1-8-4-6-9(7-5-8)10(16)15-11(17)13(2,3)14-12(15)18/h4-7H,1-3H3,(H,14,18). The lowest BCUT2D eigenvalue weighted by Gasteiger charge is -2.14. The third kappa shape index (κ3) is 1.88. The Labute approximate surface area is 105 Å². The molecule has 1 aromatic carbocycles. The zero-order valence-corrected chi connectivity index (χ0v) is 10.5. The van der Waals surface area contributed by atoms with E-state index in [1.54, 1.807) is 38.1 Å². The third-order valence-electron chi connectivity index (χ3n) is 2.86. The van der Waals surface area contributed by atoms with Gasteiger partial charge in [-0.2, -0.15) is 4.90 Å². The molecule has 1 aliphatic heterocycles. The summed E-state index contributed by atoms with van der Waals surface area (Å²) in [6.45, 7) is 5.02. The van der Waals surface area contributed by atoms with Gasteiger partial charge >= 0.3 is 6.03 Å². The maximum atomic E-state index is 12.1. The summed E-state index contributed by atoms with van der Waals surface area (Å²) in [5.41, 5.74) is 0.295. The lowest BCUT2D eigenvalue weighted by Crippen LogP contribution is -2.41. The van der Waals surface area contributed by atoms with Crippen LogP contribution >= 0.6 is 0 Å². The summed E-state index contributed by atoms with van der Waals surface area (Å²) in [5, 5.41) is 2.47. The zero-order valence-electron chi connectivity index (χ0n) is 10.5. The van der Waals surface area contributed by atoms with Crippen LogP contribution in [0.4, 0.5) is 4.79 Å². The van der Waals surface area contributed by atoms with E-state index in [4.69, 9.17) is 0 Å². The van der Waals surface area contributed by atoms with Crippen LogP contribution in [0.5, 0.6) is 0 Å². The molecule has 1 N–H and O–H groups in total. The van der Waals surface area contributed by atoms with E-state index in [2.05, 4.69) is 5.32 Å². The molecule has 0 unspecified atom stereocenters. The number of imide groups is 3. The minimum absolute atomic E-state index is 0.321. The van der Waals surface area contributed by atoms with Crippen molar-refractivity contribution in [2.24, 2.45) is 0 Å². The highest BCUT2D eigenvalue weighted by molar-refractivity contribution is 6.21. The molecule has 2 rings (SSSR count). The molecular formula is C13H14N2O3. The van der Waals surface area contributed by atoms with Crippen LogP contribution in [0.1, 0.15) is 29.8 Å². The van der Waals surface area contributed by atoms with Gasteiger partial charge in [0, 0.05) is 5.56 Å². The predicted octanol–water partition coefficient (Wildman–Crippen LogP) is 1.47. The number of nitrogens with zero attached hydrogens (tertiary/aromatic N) is 1. The minimum atomic E-state index is -1.03. The predicted molar refractivity (Wildman–Crippen MR) is 65.0 cm³/mol. The number of aryl methyl sites for hydroxylation is 1. The zero-order chi connectivity index (χ0) is 13.5. The van der Waals surface area contributed by atoms with Gasteiger partial charge < -0.3 is 5.32 Å². The van der Waals surface area contributed by atoms with Gasteiger partial charge in [0.1, 0.15) is 5.54 Å². The van der Waals surface area contributed by atoms with Crippen molar-refractivity contribution in [3.63, 3.8) is 0 Å². The Balaban J connectivity index is 2.33. The first-order chi connectivity index (χ1) is 8.33. The van der Waals surface area contributed by atoms with E-state index < -0.39 is 23.4 Å². The highest BCUT2D eigenvalue weighted by atomic mass is 16.2. The topological polar surface area (TPSA) is 66.5 Å². The van der Waals surface area contributed by atoms with Crippen molar-refractivity contribution >= 4 is 17.8 Å². The van der Waals surface area contributed by atoms with Crippen LogP contribution in [0.2, 0.25) is 0 Å². The number of hydrogen-bond donors (Lipinski definition) is 1. The molecule has 0 saturated carbocycles. The summed E-state index contributed by atoms with van der Waals surface area (Å²) in [6, 6.07) is 6.05. The van der Waals surface area contributed by atoms with Gasteiger partial charge in [-0.25, -0.2) is 4.79 Å². The van der Waals surface area contributed by atoms with Gasteiger partial charge in [0.15, 0.2) is 0 Å². The van der Waals surface area contributed by atoms with Crippen LogP contribution < -0.4 is 5.32 Å². The Morgan fingerprint density at radius 1 is 1.17 bits per heavy atom. The van der Waals surface area contributed by atoms with E-state index in [0.717, 1.165) is 5.56 Å². The molecule has 1 saturated heterocycles. The first-order valence-electron chi connectivity index (χ1n) is 5.60. The Morgan fingerprint density at radius 3 is 2.17 bits per heavy atom. The molecule has 94 valence electrons. The van der Waals surface area contributed by atoms with Crippen LogP contribution in [0.3, 0.4) is 0 Å². The molecule has 0 bridgehead atoms. The molecule has 1 heterocycles. The van der Waals surface area contributed by atoms with Crippen molar-refractivity contribution in [2.75, 3.05) is 0 Å². The highest BCUT2D eigenvalue weighted by Crippen LogP contribution is 2.19. The molecule has 0 spiro atoms. The van der Waals surface area contributed by atoms with Crippen LogP contribution in [-0.4, -0.2) is 28.3 Å². The van der Waals surface area contributed by atoms with Crippen LogP contribution in [0.15, 0.2) is 24.3 Å². The normalized spacial score (nSPS) is 17.8. The van der Waals surface area contributed by atoms with E-state index in [9.17, 15) is 14.4 Å². The second kappa shape index (κ2) is 3.94. The quantitative estimate of drug-likeness (QED) is 0.602. The van der Waals surface area contributed by atoms with Crippen molar-refractivity contribution in [2.45, 2.75) is 26.3 Å². The van der Waals surface area contributed by atoms with Crippen molar-refractivity contribution in [1.29, 1.82) is 0 Å². The number of carbonyl (C=O) groups is 3. The number of hydrogen-bond acceptors (Lipinski definition) is 3. The van der Waals surface area contributed by atoms with Gasteiger partial charge in [0.05, 0.1) is 0 Å². The molecule has 18 heavy (non-hydrogen) atoms.